The monoisotopic (exact) mass is 393 g/mol. The van der Waals surface area contributed by atoms with E-state index in [0.29, 0.717) is 48.7 Å². The van der Waals surface area contributed by atoms with Crippen LogP contribution in [0, 0.1) is 13.8 Å². The molecule has 9 heteroatoms. The number of carbonyl (C=O) groups is 1. The number of aryl methyl sites for hydroxylation is 2. The van der Waals surface area contributed by atoms with Gasteiger partial charge in [0.1, 0.15) is 16.3 Å². The van der Waals surface area contributed by atoms with Gasteiger partial charge in [0.15, 0.2) is 5.76 Å². The fourth-order valence-corrected chi connectivity index (χ4v) is 5.01. The summed E-state index contributed by atoms with van der Waals surface area (Å²) in [6.45, 7) is 3.86. The largest absolute Gasteiger partial charge is 0.497 e. The van der Waals surface area contributed by atoms with Crippen molar-refractivity contribution in [3.63, 3.8) is 0 Å². The van der Waals surface area contributed by atoms with E-state index >= 15 is 0 Å². The van der Waals surface area contributed by atoms with Gasteiger partial charge in [-0.3, -0.25) is 4.79 Å². The molecule has 2 heterocycles. The summed E-state index contributed by atoms with van der Waals surface area (Å²) in [5.41, 5.74) is 0.876. The van der Waals surface area contributed by atoms with Crippen LogP contribution < -0.4 is 10.1 Å². The zero-order valence-electron chi connectivity index (χ0n) is 15.6. The Labute approximate surface area is 158 Å². The Kier molecular flexibility index (Phi) is 5.52. The molecule has 1 aliphatic heterocycles. The Bertz CT molecular complexity index is 911. The quantitative estimate of drug-likeness (QED) is 0.832. The minimum absolute atomic E-state index is 0.0835. The third kappa shape index (κ3) is 3.98. The van der Waals surface area contributed by atoms with E-state index in [0.717, 1.165) is 0 Å². The molecule has 0 spiro atoms. The molecule has 146 valence electrons. The zero-order valence-corrected chi connectivity index (χ0v) is 16.4. The normalized spacial score (nSPS) is 16.3. The summed E-state index contributed by atoms with van der Waals surface area (Å²) >= 11 is 0. The van der Waals surface area contributed by atoms with Gasteiger partial charge in [-0.05, 0) is 44.9 Å². The Morgan fingerprint density at radius 3 is 2.59 bits per heavy atom. The number of carbonyl (C=O) groups excluding carboxylic acids is 1. The van der Waals surface area contributed by atoms with Crippen molar-refractivity contribution < 1.29 is 22.5 Å². The molecule has 27 heavy (non-hydrogen) atoms. The summed E-state index contributed by atoms with van der Waals surface area (Å²) in [7, 11) is -2.10. The third-order valence-corrected chi connectivity index (χ3v) is 6.83. The summed E-state index contributed by atoms with van der Waals surface area (Å²) in [6, 6.07) is 6.84. The molecule has 0 bridgehead atoms. The van der Waals surface area contributed by atoms with Crippen LogP contribution >= 0.6 is 0 Å². The fourth-order valence-electron chi connectivity index (χ4n) is 3.25. The van der Waals surface area contributed by atoms with Crippen molar-refractivity contribution in [2.45, 2.75) is 37.6 Å². The second-order valence-electron chi connectivity index (χ2n) is 6.54. The number of rotatable bonds is 5. The molecular weight excluding hydrogens is 370 g/mol. The van der Waals surface area contributed by atoms with Gasteiger partial charge < -0.3 is 14.6 Å². The average molecular weight is 393 g/mol. The molecule has 0 atom stereocenters. The Morgan fingerprint density at radius 2 is 2.00 bits per heavy atom. The number of methoxy groups -OCH3 is 1. The Morgan fingerprint density at radius 1 is 1.30 bits per heavy atom. The van der Waals surface area contributed by atoms with Gasteiger partial charge in [-0.2, -0.15) is 4.31 Å². The summed E-state index contributed by atoms with van der Waals surface area (Å²) in [4.78, 5) is 12.6. The first-order valence-electron chi connectivity index (χ1n) is 8.71. The van der Waals surface area contributed by atoms with Crippen LogP contribution in [0.15, 0.2) is 33.7 Å². The molecule has 3 rings (SSSR count). The first kappa shape index (κ1) is 19.4. The molecule has 1 N–H and O–H groups in total. The van der Waals surface area contributed by atoms with E-state index in [4.69, 9.17) is 9.26 Å². The maximum atomic E-state index is 12.8. The lowest BCUT2D eigenvalue weighted by atomic mass is 10.1. The van der Waals surface area contributed by atoms with Crippen molar-refractivity contribution in [1.82, 2.24) is 14.8 Å². The topological polar surface area (TPSA) is 102 Å². The SMILES string of the molecule is COc1cccc(C(=O)NC2CCN(S(=O)(=O)c3c(C)noc3C)CC2)c1. The van der Waals surface area contributed by atoms with Crippen LogP contribution in [0.3, 0.4) is 0 Å². The first-order chi connectivity index (χ1) is 12.8. The number of hydrogen-bond donors (Lipinski definition) is 1. The molecule has 1 amide bonds. The standard InChI is InChI=1S/C18H23N3O5S/c1-12-17(13(2)26-20-12)27(23,24)21-9-7-15(8-10-21)19-18(22)14-5-4-6-16(11-14)25-3/h4-6,11,15H,7-10H2,1-3H3,(H,19,22). The second kappa shape index (κ2) is 7.69. The summed E-state index contributed by atoms with van der Waals surface area (Å²) in [5.74, 6) is 0.713. The maximum absolute atomic E-state index is 12.8. The number of nitrogens with one attached hydrogen (secondary N) is 1. The van der Waals surface area contributed by atoms with E-state index in [9.17, 15) is 13.2 Å². The lowest BCUT2D eigenvalue weighted by molar-refractivity contribution is 0.0923. The van der Waals surface area contributed by atoms with Crippen LogP contribution in [0.25, 0.3) is 0 Å². The van der Waals surface area contributed by atoms with E-state index in [-0.39, 0.29) is 16.8 Å². The van der Waals surface area contributed by atoms with E-state index in [1.54, 1.807) is 45.2 Å². The van der Waals surface area contributed by atoms with Crippen molar-refractivity contribution in [2.75, 3.05) is 20.2 Å². The number of benzene rings is 1. The molecule has 0 unspecified atom stereocenters. The van der Waals surface area contributed by atoms with Gasteiger partial charge in [0.25, 0.3) is 5.91 Å². The van der Waals surface area contributed by atoms with E-state index < -0.39 is 10.0 Å². The van der Waals surface area contributed by atoms with Crippen LogP contribution in [0.5, 0.6) is 5.75 Å². The fraction of sp³-hybridized carbons (Fsp3) is 0.444. The van der Waals surface area contributed by atoms with Gasteiger partial charge in [0.2, 0.25) is 10.0 Å². The van der Waals surface area contributed by atoms with Crippen molar-refractivity contribution >= 4 is 15.9 Å². The third-order valence-electron chi connectivity index (χ3n) is 4.69. The molecule has 0 radical (unpaired) electrons. The number of hydrogen-bond acceptors (Lipinski definition) is 6. The summed E-state index contributed by atoms with van der Waals surface area (Å²) < 4.78 is 37.2. The minimum atomic E-state index is -3.65. The Hall–Kier alpha value is -2.39. The van der Waals surface area contributed by atoms with Crippen LogP contribution in [-0.4, -0.2) is 50.0 Å². The van der Waals surface area contributed by atoms with Crippen LogP contribution in [0.2, 0.25) is 0 Å². The summed E-state index contributed by atoms with van der Waals surface area (Å²) in [6.07, 6.45) is 1.08. The van der Waals surface area contributed by atoms with Crippen molar-refractivity contribution in [1.29, 1.82) is 0 Å². The predicted molar refractivity (Wildman–Crippen MR) is 98.2 cm³/mol. The van der Waals surface area contributed by atoms with Gasteiger partial charge >= 0.3 is 0 Å². The number of aromatic nitrogens is 1. The van der Waals surface area contributed by atoms with E-state index in [1.807, 2.05) is 0 Å². The molecule has 2 aromatic rings. The number of sulfonamides is 1. The number of ether oxygens (including phenoxy) is 1. The lowest BCUT2D eigenvalue weighted by Crippen LogP contribution is -2.46. The van der Waals surface area contributed by atoms with Crippen LogP contribution in [0.4, 0.5) is 0 Å². The van der Waals surface area contributed by atoms with Crippen molar-refractivity contribution in [3.8, 4) is 5.75 Å². The van der Waals surface area contributed by atoms with Gasteiger partial charge in [0, 0.05) is 24.7 Å². The van der Waals surface area contributed by atoms with Gasteiger partial charge in [-0.1, -0.05) is 11.2 Å². The smallest absolute Gasteiger partial charge is 0.251 e. The molecule has 1 aliphatic rings. The van der Waals surface area contributed by atoms with E-state index in [1.165, 1.54) is 4.31 Å². The number of nitrogens with zero attached hydrogens (tertiary/aromatic N) is 2. The molecule has 0 aliphatic carbocycles. The molecule has 1 fully saturated rings. The molecule has 1 aromatic heterocycles. The maximum Gasteiger partial charge on any atom is 0.251 e. The van der Waals surface area contributed by atoms with Crippen molar-refractivity contribution in [2.24, 2.45) is 0 Å². The molecule has 1 saturated heterocycles. The van der Waals surface area contributed by atoms with Crippen LogP contribution in [-0.2, 0) is 10.0 Å². The number of amides is 1. The van der Waals surface area contributed by atoms with E-state index in [2.05, 4.69) is 10.5 Å². The molecule has 8 nitrogen and oxygen atoms in total. The van der Waals surface area contributed by atoms with Crippen LogP contribution in [0.1, 0.15) is 34.7 Å². The van der Waals surface area contributed by atoms with Gasteiger partial charge in [-0.25, -0.2) is 8.42 Å². The molecule has 1 aromatic carbocycles. The number of piperidine rings is 1. The molecular formula is C18H23N3O5S. The second-order valence-corrected chi connectivity index (χ2v) is 8.41. The highest BCUT2D eigenvalue weighted by Gasteiger charge is 2.34. The molecule has 0 saturated carbocycles. The minimum Gasteiger partial charge on any atom is -0.497 e. The Balaban J connectivity index is 1.63. The zero-order chi connectivity index (χ0) is 19.6. The van der Waals surface area contributed by atoms with Gasteiger partial charge in [0.05, 0.1) is 7.11 Å². The predicted octanol–water partition coefficient (Wildman–Crippen LogP) is 1.88. The first-order valence-corrected chi connectivity index (χ1v) is 10.1. The highest BCUT2D eigenvalue weighted by molar-refractivity contribution is 7.89. The summed E-state index contributed by atoms with van der Waals surface area (Å²) in [5, 5.41) is 6.70. The van der Waals surface area contributed by atoms with Gasteiger partial charge in [-0.15, -0.1) is 0 Å². The highest BCUT2D eigenvalue weighted by atomic mass is 32.2. The van der Waals surface area contributed by atoms with Crippen molar-refractivity contribution in [3.05, 3.63) is 41.3 Å². The highest BCUT2D eigenvalue weighted by Crippen LogP contribution is 2.26. The average Bonchev–Trinajstić information content (AvgIpc) is 3.01. The lowest BCUT2D eigenvalue weighted by Gasteiger charge is -2.31.